The lowest BCUT2D eigenvalue weighted by atomic mass is 10.1. The Balaban J connectivity index is 1.63. The van der Waals surface area contributed by atoms with Gasteiger partial charge in [0, 0.05) is 42.8 Å². The number of benzene rings is 2. The SMILES string of the molecule is Cc1cc2nn(CC(=O)Nc3ccc(N(C)C)cc3)c(=O)n2c(-c2ccc(C(F)(F)F)cc2)n1. The second kappa shape index (κ2) is 8.65. The second-order valence-electron chi connectivity index (χ2n) is 7.92. The summed E-state index contributed by atoms with van der Waals surface area (Å²) < 4.78 is 40.9. The van der Waals surface area contributed by atoms with Gasteiger partial charge in [0.15, 0.2) is 5.65 Å². The minimum atomic E-state index is -4.48. The molecule has 0 aliphatic rings. The number of rotatable bonds is 5. The first kappa shape index (κ1) is 23.0. The Hall–Kier alpha value is -4.15. The van der Waals surface area contributed by atoms with Crippen molar-refractivity contribution in [2.45, 2.75) is 19.6 Å². The average Bonchev–Trinajstić information content (AvgIpc) is 3.07. The molecule has 0 aliphatic heterocycles. The maximum Gasteiger partial charge on any atom is 0.416 e. The lowest BCUT2D eigenvalue weighted by molar-refractivity contribution is -0.137. The van der Waals surface area contributed by atoms with Crippen LogP contribution >= 0.6 is 0 Å². The number of nitrogens with zero attached hydrogens (tertiary/aromatic N) is 5. The fourth-order valence-electron chi connectivity index (χ4n) is 3.44. The van der Waals surface area contributed by atoms with Crippen molar-refractivity contribution >= 4 is 22.9 Å². The van der Waals surface area contributed by atoms with Crippen LogP contribution in [0.4, 0.5) is 24.5 Å². The van der Waals surface area contributed by atoms with E-state index in [0.29, 0.717) is 16.9 Å². The molecule has 34 heavy (non-hydrogen) atoms. The van der Waals surface area contributed by atoms with Gasteiger partial charge >= 0.3 is 11.9 Å². The number of anilines is 2. The Morgan fingerprint density at radius 2 is 1.71 bits per heavy atom. The zero-order valence-electron chi connectivity index (χ0n) is 18.6. The summed E-state index contributed by atoms with van der Waals surface area (Å²) in [7, 11) is 3.80. The number of amides is 1. The average molecular weight is 470 g/mol. The molecule has 0 radical (unpaired) electrons. The van der Waals surface area contributed by atoms with E-state index in [4.69, 9.17) is 0 Å². The number of alkyl halides is 3. The lowest BCUT2D eigenvalue weighted by Gasteiger charge is -2.13. The van der Waals surface area contributed by atoms with E-state index in [1.807, 2.05) is 31.1 Å². The zero-order valence-corrected chi connectivity index (χ0v) is 18.6. The molecule has 0 unspecified atom stereocenters. The highest BCUT2D eigenvalue weighted by molar-refractivity contribution is 5.90. The van der Waals surface area contributed by atoms with Gasteiger partial charge in [0.25, 0.3) is 0 Å². The summed E-state index contributed by atoms with van der Waals surface area (Å²) in [5.74, 6) is -0.316. The molecule has 176 valence electrons. The highest BCUT2D eigenvalue weighted by atomic mass is 19.4. The molecule has 0 fully saturated rings. The van der Waals surface area contributed by atoms with Gasteiger partial charge in [-0.3, -0.25) is 4.79 Å². The molecule has 0 bridgehead atoms. The van der Waals surface area contributed by atoms with Crippen molar-refractivity contribution in [2.75, 3.05) is 24.3 Å². The molecule has 0 saturated heterocycles. The lowest BCUT2D eigenvalue weighted by Crippen LogP contribution is -2.28. The van der Waals surface area contributed by atoms with Crippen molar-refractivity contribution < 1.29 is 18.0 Å². The molecule has 1 amide bonds. The summed E-state index contributed by atoms with van der Waals surface area (Å²) in [5, 5.41) is 6.93. The van der Waals surface area contributed by atoms with E-state index in [9.17, 15) is 22.8 Å². The van der Waals surface area contributed by atoms with Gasteiger partial charge in [-0.2, -0.15) is 13.2 Å². The first-order valence-electron chi connectivity index (χ1n) is 10.2. The van der Waals surface area contributed by atoms with Crippen molar-refractivity contribution in [2.24, 2.45) is 0 Å². The number of hydrogen-bond donors (Lipinski definition) is 1. The predicted octanol–water partition coefficient (Wildman–Crippen LogP) is 3.59. The van der Waals surface area contributed by atoms with Gasteiger partial charge in [-0.1, -0.05) is 12.1 Å². The molecule has 1 N–H and O–H groups in total. The molecule has 2 heterocycles. The van der Waals surface area contributed by atoms with E-state index >= 15 is 0 Å². The number of halogens is 3. The van der Waals surface area contributed by atoms with Crippen LogP contribution in [-0.2, 0) is 17.5 Å². The van der Waals surface area contributed by atoms with Crippen molar-refractivity contribution in [1.82, 2.24) is 19.2 Å². The molecule has 8 nitrogen and oxygen atoms in total. The van der Waals surface area contributed by atoms with Gasteiger partial charge < -0.3 is 10.2 Å². The fraction of sp³-hybridized carbons (Fsp3) is 0.217. The van der Waals surface area contributed by atoms with E-state index in [1.165, 1.54) is 16.5 Å². The number of nitrogens with one attached hydrogen (secondary N) is 1. The molecule has 2 aromatic carbocycles. The van der Waals surface area contributed by atoms with Gasteiger partial charge in [-0.05, 0) is 43.3 Å². The summed E-state index contributed by atoms with van der Waals surface area (Å²) in [5.41, 5.74) is 1.16. The summed E-state index contributed by atoms with van der Waals surface area (Å²) in [6.45, 7) is 1.34. The van der Waals surface area contributed by atoms with Gasteiger partial charge in [-0.25, -0.2) is 18.9 Å². The van der Waals surface area contributed by atoms with Crippen LogP contribution in [0.1, 0.15) is 11.3 Å². The quantitative estimate of drug-likeness (QED) is 0.482. The molecule has 0 aliphatic carbocycles. The van der Waals surface area contributed by atoms with Gasteiger partial charge in [0.1, 0.15) is 12.4 Å². The molecule has 11 heteroatoms. The van der Waals surface area contributed by atoms with Crippen LogP contribution in [0.15, 0.2) is 59.4 Å². The van der Waals surface area contributed by atoms with Gasteiger partial charge in [0.2, 0.25) is 5.91 Å². The summed E-state index contributed by atoms with van der Waals surface area (Å²) in [6, 6.07) is 13.1. The number of hydrogen-bond acceptors (Lipinski definition) is 5. The highest BCUT2D eigenvalue weighted by Gasteiger charge is 2.30. The van der Waals surface area contributed by atoms with Crippen LogP contribution in [0.2, 0.25) is 0 Å². The molecule has 2 aromatic heterocycles. The normalized spacial score (nSPS) is 11.6. The molecule has 0 atom stereocenters. The Morgan fingerprint density at radius 3 is 2.29 bits per heavy atom. The van der Waals surface area contributed by atoms with Gasteiger partial charge in [-0.15, -0.1) is 5.10 Å². The van der Waals surface area contributed by atoms with Crippen LogP contribution in [0.25, 0.3) is 17.0 Å². The third-order valence-corrected chi connectivity index (χ3v) is 5.13. The number of carbonyl (C=O) groups is 1. The van der Waals surface area contributed by atoms with E-state index in [2.05, 4.69) is 15.4 Å². The monoisotopic (exact) mass is 470 g/mol. The summed E-state index contributed by atoms with van der Waals surface area (Å²) >= 11 is 0. The predicted molar refractivity (Wildman–Crippen MR) is 122 cm³/mol. The Morgan fingerprint density at radius 1 is 1.06 bits per heavy atom. The first-order chi connectivity index (χ1) is 16.0. The Labute approximate surface area is 192 Å². The maximum atomic E-state index is 13.0. The topological polar surface area (TPSA) is 84.5 Å². The van der Waals surface area contributed by atoms with E-state index in [-0.39, 0.29) is 18.0 Å². The van der Waals surface area contributed by atoms with Crippen LogP contribution in [0.5, 0.6) is 0 Å². The molecule has 0 saturated carbocycles. The maximum absolute atomic E-state index is 13.0. The minimum absolute atomic E-state index is 0.139. The number of carbonyl (C=O) groups excluding carboxylic acids is 1. The minimum Gasteiger partial charge on any atom is -0.378 e. The van der Waals surface area contributed by atoms with Crippen LogP contribution in [0.3, 0.4) is 0 Å². The first-order valence-corrected chi connectivity index (χ1v) is 10.2. The Kier molecular flexibility index (Phi) is 5.86. The van der Waals surface area contributed by atoms with Crippen LogP contribution in [-0.4, -0.2) is 39.2 Å². The van der Waals surface area contributed by atoms with Crippen LogP contribution in [0, 0.1) is 6.92 Å². The zero-order chi connectivity index (χ0) is 24.6. The fourth-order valence-corrected chi connectivity index (χ4v) is 3.44. The number of fused-ring (bicyclic) bond motifs is 1. The number of aryl methyl sites for hydroxylation is 1. The van der Waals surface area contributed by atoms with Crippen molar-refractivity contribution in [3.05, 3.63) is 76.3 Å². The Bertz CT molecular complexity index is 1400. The summed E-state index contributed by atoms with van der Waals surface area (Å²) in [4.78, 5) is 31.8. The number of aromatic nitrogens is 4. The van der Waals surface area contributed by atoms with Gasteiger partial charge in [0.05, 0.1) is 5.56 Å². The molecular formula is C23H21F3N6O2. The second-order valence-corrected chi connectivity index (χ2v) is 7.92. The third kappa shape index (κ3) is 4.63. The van der Waals surface area contributed by atoms with E-state index in [0.717, 1.165) is 22.5 Å². The highest BCUT2D eigenvalue weighted by Crippen LogP contribution is 2.30. The standard InChI is InChI=1S/C23H21F3N6O2/c1-14-12-19-29-31(13-20(33)28-17-8-10-18(11-9-17)30(2)3)22(34)32(19)21(27-14)15-4-6-16(7-5-15)23(24,25)26/h4-12H,13H2,1-3H3,(H,28,33). The molecule has 0 spiro atoms. The largest absolute Gasteiger partial charge is 0.416 e. The van der Waals surface area contributed by atoms with E-state index < -0.39 is 23.3 Å². The van der Waals surface area contributed by atoms with Crippen molar-refractivity contribution in [3.8, 4) is 11.4 Å². The smallest absolute Gasteiger partial charge is 0.378 e. The molecule has 4 rings (SSSR count). The van der Waals surface area contributed by atoms with Crippen molar-refractivity contribution in [3.63, 3.8) is 0 Å². The molecular weight excluding hydrogens is 449 g/mol. The summed E-state index contributed by atoms with van der Waals surface area (Å²) in [6.07, 6.45) is -4.48. The van der Waals surface area contributed by atoms with E-state index in [1.54, 1.807) is 25.1 Å². The van der Waals surface area contributed by atoms with Crippen molar-refractivity contribution in [1.29, 1.82) is 0 Å². The third-order valence-electron chi connectivity index (χ3n) is 5.13. The van der Waals surface area contributed by atoms with Crippen LogP contribution < -0.4 is 15.9 Å². The molecule has 4 aromatic rings.